The summed E-state index contributed by atoms with van der Waals surface area (Å²) in [6, 6.07) is 10.9. The van der Waals surface area contributed by atoms with Crippen molar-refractivity contribution in [3.8, 4) is 17.0 Å². The Balaban J connectivity index is 1.97. The minimum atomic E-state index is 0.244. The SMILES string of the molecule is CCCCN(C)Cc1cccc(-c2cc(OC)c3cnn(C(C)C)c3n2)c1. The lowest BCUT2D eigenvalue weighted by Gasteiger charge is -2.17. The summed E-state index contributed by atoms with van der Waals surface area (Å²) >= 11 is 0. The highest BCUT2D eigenvalue weighted by molar-refractivity contribution is 5.85. The van der Waals surface area contributed by atoms with Gasteiger partial charge in [-0.15, -0.1) is 0 Å². The van der Waals surface area contributed by atoms with Crippen molar-refractivity contribution in [2.24, 2.45) is 0 Å². The highest BCUT2D eigenvalue weighted by Gasteiger charge is 2.15. The van der Waals surface area contributed by atoms with Gasteiger partial charge in [0.25, 0.3) is 0 Å². The zero-order chi connectivity index (χ0) is 19.4. The second-order valence-electron chi connectivity index (χ2n) is 7.42. The Hall–Kier alpha value is -2.40. The second-order valence-corrected chi connectivity index (χ2v) is 7.42. The van der Waals surface area contributed by atoms with E-state index in [1.54, 1.807) is 7.11 Å². The highest BCUT2D eigenvalue weighted by atomic mass is 16.5. The maximum Gasteiger partial charge on any atom is 0.162 e. The van der Waals surface area contributed by atoms with Gasteiger partial charge in [0.2, 0.25) is 0 Å². The lowest BCUT2D eigenvalue weighted by atomic mass is 10.1. The topological polar surface area (TPSA) is 43.2 Å². The predicted molar refractivity (Wildman–Crippen MR) is 111 cm³/mol. The average Bonchev–Trinajstić information content (AvgIpc) is 3.10. The van der Waals surface area contributed by atoms with Crippen LogP contribution in [0.3, 0.4) is 0 Å². The van der Waals surface area contributed by atoms with Gasteiger partial charge < -0.3 is 9.64 Å². The Morgan fingerprint density at radius 3 is 2.74 bits per heavy atom. The van der Waals surface area contributed by atoms with Crippen molar-refractivity contribution < 1.29 is 4.74 Å². The highest BCUT2D eigenvalue weighted by Crippen LogP contribution is 2.31. The molecule has 27 heavy (non-hydrogen) atoms. The molecular weight excluding hydrogens is 336 g/mol. The summed E-state index contributed by atoms with van der Waals surface area (Å²) in [6.45, 7) is 8.51. The van der Waals surface area contributed by atoms with Crippen LogP contribution < -0.4 is 4.74 Å². The standard InChI is InChI=1S/C22H30N4O/c1-6-7-11-25(4)15-17-9-8-10-18(12-17)20-13-21(27-5)19-14-23-26(16(2)3)22(19)24-20/h8-10,12-14,16H,6-7,11,15H2,1-5H3. The van der Waals surface area contributed by atoms with E-state index in [1.807, 2.05) is 16.9 Å². The molecule has 0 N–H and O–H groups in total. The molecule has 0 spiro atoms. The van der Waals surface area contributed by atoms with Gasteiger partial charge in [-0.3, -0.25) is 0 Å². The van der Waals surface area contributed by atoms with E-state index in [-0.39, 0.29) is 6.04 Å². The number of fused-ring (bicyclic) bond motifs is 1. The summed E-state index contributed by atoms with van der Waals surface area (Å²) in [5.74, 6) is 0.812. The summed E-state index contributed by atoms with van der Waals surface area (Å²) in [4.78, 5) is 7.28. The Morgan fingerprint density at radius 2 is 2.04 bits per heavy atom. The van der Waals surface area contributed by atoms with Crippen molar-refractivity contribution in [3.05, 3.63) is 42.1 Å². The summed E-state index contributed by atoms with van der Waals surface area (Å²) < 4.78 is 7.57. The Morgan fingerprint density at radius 1 is 1.22 bits per heavy atom. The third kappa shape index (κ3) is 4.30. The molecule has 0 unspecified atom stereocenters. The van der Waals surface area contributed by atoms with Crippen LogP contribution in [0.15, 0.2) is 36.5 Å². The molecule has 0 radical (unpaired) electrons. The van der Waals surface area contributed by atoms with Gasteiger partial charge in [0.1, 0.15) is 5.75 Å². The number of pyridine rings is 1. The lowest BCUT2D eigenvalue weighted by Crippen LogP contribution is -2.18. The molecular formula is C22H30N4O. The molecule has 144 valence electrons. The number of hydrogen-bond acceptors (Lipinski definition) is 4. The second kappa shape index (κ2) is 8.53. The fraction of sp³-hybridized carbons (Fsp3) is 0.455. The van der Waals surface area contributed by atoms with E-state index in [0.717, 1.165) is 41.1 Å². The molecule has 3 aromatic rings. The first-order valence-electron chi connectivity index (χ1n) is 9.73. The molecule has 2 aromatic heterocycles. The van der Waals surface area contributed by atoms with E-state index in [0.29, 0.717) is 0 Å². The molecule has 5 heteroatoms. The maximum atomic E-state index is 5.62. The zero-order valence-electron chi connectivity index (χ0n) is 17.1. The van der Waals surface area contributed by atoms with Crippen LogP contribution in [0.5, 0.6) is 5.75 Å². The quantitative estimate of drug-likeness (QED) is 0.567. The molecule has 5 nitrogen and oxygen atoms in total. The number of benzene rings is 1. The predicted octanol–water partition coefficient (Wildman–Crippen LogP) is 4.92. The maximum absolute atomic E-state index is 5.62. The minimum absolute atomic E-state index is 0.244. The number of unbranched alkanes of at least 4 members (excludes halogenated alkanes) is 1. The fourth-order valence-electron chi connectivity index (χ4n) is 3.33. The van der Waals surface area contributed by atoms with E-state index in [1.165, 1.54) is 18.4 Å². The molecule has 0 saturated carbocycles. The zero-order valence-corrected chi connectivity index (χ0v) is 17.1. The summed E-state index contributed by atoms with van der Waals surface area (Å²) in [5.41, 5.74) is 4.18. The summed E-state index contributed by atoms with van der Waals surface area (Å²) in [5, 5.41) is 5.44. The van der Waals surface area contributed by atoms with Crippen molar-refractivity contribution in [3.63, 3.8) is 0 Å². The van der Waals surface area contributed by atoms with Crippen LogP contribution in [0.25, 0.3) is 22.3 Å². The Kier molecular flexibility index (Phi) is 6.11. The van der Waals surface area contributed by atoms with E-state index in [9.17, 15) is 0 Å². The number of ether oxygens (including phenoxy) is 1. The van der Waals surface area contributed by atoms with Crippen molar-refractivity contribution in [2.75, 3.05) is 20.7 Å². The van der Waals surface area contributed by atoms with E-state index in [2.05, 4.69) is 62.1 Å². The fourth-order valence-corrected chi connectivity index (χ4v) is 3.33. The third-order valence-corrected chi connectivity index (χ3v) is 4.81. The molecule has 3 rings (SSSR count). The van der Waals surface area contributed by atoms with Gasteiger partial charge in [0.15, 0.2) is 5.65 Å². The summed E-state index contributed by atoms with van der Waals surface area (Å²) in [6.07, 6.45) is 4.28. The minimum Gasteiger partial charge on any atom is -0.496 e. The van der Waals surface area contributed by atoms with Crippen molar-refractivity contribution >= 4 is 11.0 Å². The van der Waals surface area contributed by atoms with Gasteiger partial charge in [-0.1, -0.05) is 31.5 Å². The van der Waals surface area contributed by atoms with Gasteiger partial charge in [-0.05, 0) is 45.5 Å². The molecule has 0 aliphatic heterocycles. The van der Waals surface area contributed by atoms with Gasteiger partial charge in [0, 0.05) is 24.2 Å². The van der Waals surface area contributed by atoms with Crippen LogP contribution >= 0.6 is 0 Å². The number of aromatic nitrogens is 3. The summed E-state index contributed by atoms with van der Waals surface area (Å²) in [7, 11) is 3.88. The molecule has 0 aliphatic rings. The lowest BCUT2D eigenvalue weighted by molar-refractivity contribution is 0.321. The molecule has 0 amide bonds. The van der Waals surface area contributed by atoms with Gasteiger partial charge in [-0.2, -0.15) is 5.10 Å². The third-order valence-electron chi connectivity index (χ3n) is 4.81. The molecule has 0 aliphatic carbocycles. The molecule has 0 saturated heterocycles. The first kappa shape index (κ1) is 19.4. The van der Waals surface area contributed by atoms with Crippen LogP contribution in [-0.4, -0.2) is 40.4 Å². The van der Waals surface area contributed by atoms with Gasteiger partial charge in [0.05, 0.1) is 24.4 Å². The molecule has 0 atom stereocenters. The van der Waals surface area contributed by atoms with Crippen LogP contribution in [0.2, 0.25) is 0 Å². The molecule has 0 fully saturated rings. The van der Waals surface area contributed by atoms with Crippen molar-refractivity contribution in [1.29, 1.82) is 0 Å². The van der Waals surface area contributed by atoms with Crippen molar-refractivity contribution in [2.45, 2.75) is 46.2 Å². The number of rotatable bonds is 8. The molecule has 1 aromatic carbocycles. The van der Waals surface area contributed by atoms with E-state index in [4.69, 9.17) is 9.72 Å². The first-order valence-corrected chi connectivity index (χ1v) is 9.73. The van der Waals surface area contributed by atoms with Gasteiger partial charge in [-0.25, -0.2) is 9.67 Å². The van der Waals surface area contributed by atoms with Crippen LogP contribution in [0.1, 0.15) is 45.2 Å². The normalized spacial score (nSPS) is 11.7. The number of hydrogen-bond donors (Lipinski definition) is 0. The van der Waals surface area contributed by atoms with Crippen molar-refractivity contribution in [1.82, 2.24) is 19.7 Å². The Labute approximate surface area is 162 Å². The number of nitrogens with zero attached hydrogens (tertiary/aromatic N) is 4. The van der Waals surface area contributed by atoms with E-state index >= 15 is 0 Å². The van der Waals surface area contributed by atoms with E-state index < -0.39 is 0 Å². The van der Waals surface area contributed by atoms with Crippen LogP contribution in [0, 0.1) is 0 Å². The monoisotopic (exact) mass is 366 g/mol. The number of methoxy groups -OCH3 is 1. The largest absolute Gasteiger partial charge is 0.496 e. The van der Waals surface area contributed by atoms with Crippen LogP contribution in [-0.2, 0) is 6.54 Å². The van der Waals surface area contributed by atoms with Gasteiger partial charge >= 0.3 is 0 Å². The Bertz CT molecular complexity index is 900. The average molecular weight is 367 g/mol. The first-order chi connectivity index (χ1) is 13.0. The van der Waals surface area contributed by atoms with Crippen LogP contribution in [0.4, 0.5) is 0 Å². The molecule has 0 bridgehead atoms. The smallest absolute Gasteiger partial charge is 0.162 e. The molecule has 2 heterocycles.